The van der Waals surface area contributed by atoms with E-state index in [9.17, 15) is 5.11 Å². The van der Waals surface area contributed by atoms with Gasteiger partial charge in [-0.25, -0.2) is 0 Å². The average Bonchev–Trinajstić information content (AvgIpc) is 2.32. The molecule has 0 bridgehead atoms. The highest BCUT2D eigenvalue weighted by Crippen LogP contribution is 2.29. The summed E-state index contributed by atoms with van der Waals surface area (Å²) in [5.41, 5.74) is 11.7. The van der Waals surface area contributed by atoms with Crippen LogP contribution in [0.4, 0.5) is 5.69 Å². The zero-order valence-electron chi connectivity index (χ0n) is 11.1. The molecule has 1 atom stereocenters. The molecular weight excluding hydrogens is 222 g/mol. The average molecular weight is 241 g/mol. The molecule has 0 amide bonds. The zero-order valence-corrected chi connectivity index (χ0v) is 11.1. The van der Waals surface area contributed by atoms with Crippen molar-refractivity contribution in [3.63, 3.8) is 0 Å². The molecule has 2 heteroatoms. The first-order valence-corrected chi connectivity index (χ1v) is 6.11. The van der Waals surface area contributed by atoms with Gasteiger partial charge in [-0.05, 0) is 49.1 Å². The molecule has 0 aromatic heterocycles. The fourth-order valence-electron chi connectivity index (χ4n) is 2.27. The third kappa shape index (κ3) is 2.24. The number of nitrogens with two attached hydrogens (primary N) is 1. The van der Waals surface area contributed by atoms with Gasteiger partial charge in [-0.2, -0.15) is 0 Å². The summed E-state index contributed by atoms with van der Waals surface area (Å²) in [4.78, 5) is 0. The van der Waals surface area contributed by atoms with E-state index in [1.54, 1.807) is 0 Å². The fraction of sp³-hybridized carbons (Fsp3) is 0.250. The summed E-state index contributed by atoms with van der Waals surface area (Å²) in [6, 6.07) is 11.7. The molecule has 0 aliphatic carbocycles. The fourth-order valence-corrected chi connectivity index (χ4v) is 2.27. The van der Waals surface area contributed by atoms with Gasteiger partial charge in [0.15, 0.2) is 0 Å². The number of hydrogen-bond acceptors (Lipinski definition) is 2. The molecule has 2 aromatic carbocycles. The third-order valence-corrected chi connectivity index (χ3v) is 3.43. The molecular formula is C16H19NO. The zero-order chi connectivity index (χ0) is 13.3. The van der Waals surface area contributed by atoms with Crippen LogP contribution in [0, 0.1) is 20.8 Å². The second kappa shape index (κ2) is 4.83. The summed E-state index contributed by atoms with van der Waals surface area (Å²) in [6.45, 7) is 6.01. The number of aliphatic hydroxyl groups is 1. The molecule has 0 aliphatic rings. The number of anilines is 1. The molecule has 0 radical (unpaired) electrons. The molecule has 3 N–H and O–H groups in total. The van der Waals surface area contributed by atoms with Crippen molar-refractivity contribution in [1.29, 1.82) is 0 Å². The van der Waals surface area contributed by atoms with Crippen LogP contribution < -0.4 is 5.73 Å². The molecule has 1 unspecified atom stereocenters. The van der Waals surface area contributed by atoms with Crippen molar-refractivity contribution in [3.8, 4) is 0 Å². The lowest BCUT2D eigenvalue weighted by Gasteiger charge is -2.17. The van der Waals surface area contributed by atoms with E-state index in [2.05, 4.69) is 13.0 Å². The minimum atomic E-state index is -0.617. The molecule has 94 valence electrons. The van der Waals surface area contributed by atoms with Crippen LogP contribution in [0.15, 0.2) is 36.4 Å². The van der Waals surface area contributed by atoms with E-state index >= 15 is 0 Å². The highest BCUT2D eigenvalue weighted by molar-refractivity contribution is 5.52. The number of aryl methyl sites for hydroxylation is 2. The normalized spacial score (nSPS) is 12.4. The highest BCUT2D eigenvalue weighted by Gasteiger charge is 2.15. The van der Waals surface area contributed by atoms with Crippen LogP contribution in [0.2, 0.25) is 0 Å². The van der Waals surface area contributed by atoms with Crippen molar-refractivity contribution >= 4 is 5.69 Å². The number of aliphatic hydroxyl groups excluding tert-OH is 1. The Morgan fingerprint density at radius 2 is 1.72 bits per heavy atom. The lowest BCUT2D eigenvalue weighted by atomic mass is 9.93. The largest absolute Gasteiger partial charge is 0.399 e. The summed E-state index contributed by atoms with van der Waals surface area (Å²) in [5, 5.41) is 10.5. The monoisotopic (exact) mass is 241 g/mol. The van der Waals surface area contributed by atoms with Crippen LogP contribution in [0.5, 0.6) is 0 Å². The van der Waals surface area contributed by atoms with Gasteiger partial charge in [0.05, 0.1) is 0 Å². The number of nitrogen functional groups attached to an aromatic ring is 1. The SMILES string of the molecule is Cc1ccc(C(O)c2cccc(N)c2C)c(C)c1. The third-order valence-electron chi connectivity index (χ3n) is 3.43. The Balaban J connectivity index is 2.48. The Hall–Kier alpha value is -1.80. The van der Waals surface area contributed by atoms with Gasteiger partial charge >= 0.3 is 0 Å². The summed E-state index contributed by atoms with van der Waals surface area (Å²) < 4.78 is 0. The van der Waals surface area contributed by atoms with Gasteiger partial charge in [0.2, 0.25) is 0 Å². The number of benzene rings is 2. The van der Waals surface area contributed by atoms with Crippen LogP contribution in [0.25, 0.3) is 0 Å². The summed E-state index contributed by atoms with van der Waals surface area (Å²) in [6.07, 6.45) is -0.617. The van der Waals surface area contributed by atoms with Gasteiger partial charge < -0.3 is 10.8 Å². The number of hydrogen-bond donors (Lipinski definition) is 2. The summed E-state index contributed by atoms with van der Waals surface area (Å²) >= 11 is 0. The van der Waals surface area contributed by atoms with Crippen molar-refractivity contribution in [2.75, 3.05) is 5.73 Å². The standard InChI is InChI=1S/C16H19NO/c1-10-7-8-13(11(2)9-10)16(18)14-5-4-6-15(17)12(14)3/h4-9,16,18H,17H2,1-3H3. The van der Waals surface area contributed by atoms with E-state index in [0.717, 1.165) is 27.9 Å². The van der Waals surface area contributed by atoms with E-state index in [1.165, 1.54) is 5.56 Å². The van der Waals surface area contributed by atoms with Gasteiger partial charge in [0, 0.05) is 5.69 Å². The highest BCUT2D eigenvalue weighted by atomic mass is 16.3. The topological polar surface area (TPSA) is 46.2 Å². The smallest absolute Gasteiger partial charge is 0.105 e. The Morgan fingerprint density at radius 3 is 2.39 bits per heavy atom. The molecule has 0 fully saturated rings. The molecule has 2 aromatic rings. The van der Waals surface area contributed by atoms with Crippen molar-refractivity contribution in [3.05, 3.63) is 64.2 Å². The predicted octanol–water partition coefficient (Wildman–Crippen LogP) is 3.28. The lowest BCUT2D eigenvalue weighted by Crippen LogP contribution is -2.05. The Morgan fingerprint density at radius 1 is 1.00 bits per heavy atom. The van der Waals surface area contributed by atoms with E-state index in [4.69, 9.17) is 5.73 Å². The minimum Gasteiger partial charge on any atom is -0.399 e. The van der Waals surface area contributed by atoms with E-state index in [0.29, 0.717) is 0 Å². The Kier molecular flexibility index (Phi) is 3.39. The Bertz CT molecular complexity index is 575. The van der Waals surface area contributed by atoms with Gasteiger partial charge in [-0.3, -0.25) is 0 Å². The van der Waals surface area contributed by atoms with E-state index in [1.807, 2.05) is 44.2 Å². The van der Waals surface area contributed by atoms with Gasteiger partial charge in [-0.1, -0.05) is 35.9 Å². The maximum atomic E-state index is 10.5. The molecule has 2 rings (SSSR count). The second-order valence-corrected chi connectivity index (χ2v) is 4.82. The first-order chi connectivity index (χ1) is 8.50. The summed E-state index contributed by atoms with van der Waals surface area (Å²) in [7, 11) is 0. The van der Waals surface area contributed by atoms with Gasteiger partial charge in [-0.15, -0.1) is 0 Å². The Labute approximate surface area is 108 Å². The first-order valence-electron chi connectivity index (χ1n) is 6.11. The lowest BCUT2D eigenvalue weighted by molar-refractivity contribution is 0.219. The molecule has 0 aliphatic heterocycles. The van der Waals surface area contributed by atoms with Crippen LogP contribution in [0.1, 0.15) is 33.9 Å². The molecule has 0 spiro atoms. The van der Waals surface area contributed by atoms with Gasteiger partial charge in [0.1, 0.15) is 6.10 Å². The summed E-state index contributed by atoms with van der Waals surface area (Å²) in [5.74, 6) is 0. The van der Waals surface area contributed by atoms with Crippen LogP contribution in [0.3, 0.4) is 0 Å². The van der Waals surface area contributed by atoms with Crippen molar-refractivity contribution in [2.24, 2.45) is 0 Å². The van der Waals surface area contributed by atoms with Crippen molar-refractivity contribution < 1.29 is 5.11 Å². The van der Waals surface area contributed by atoms with Crippen molar-refractivity contribution in [1.82, 2.24) is 0 Å². The second-order valence-electron chi connectivity index (χ2n) is 4.82. The maximum Gasteiger partial charge on any atom is 0.105 e. The maximum absolute atomic E-state index is 10.5. The van der Waals surface area contributed by atoms with Crippen LogP contribution in [-0.4, -0.2) is 5.11 Å². The molecule has 2 nitrogen and oxygen atoms in total. The quantitative estimate of drug-likeness (QED) is 0.793. The van der Waals surface area contributed by atoms with Crippen LogP contribution in [-0.2, 0) is 0 Å². The minimum absolute atomic E-state index is 0.617. The van der Waals surface area contributed by atoms with Crippen LogP contribution >= 0.6 is 0 Å². The molecule has 0 saturated heterocycles. The predicted molar refractivity (Wildman–Crippen MR) is 75.6 cm³/mol. The van der Waals surface area contributed by atoms with E-state index < -0.39 is 6.10 Å². The molecule has 0 saturated carbocycles. The van der Waals surface area contributed by atoms with Gasteiger partial charge in [0.25, 0.3) is 0 Å². The molecule has 0 heterocycles. The molecule has 18 heavy (non-hydrogen) atoms. The number of rotatable bonds is 2. The first kappa shape index (κ1) is 12.7. The van der Waals surface area contributed by atoms with E-state index in [-0.39, 0.29) is 0 Å². The van der Waals surface area contributed by atoms with Crippen molar-refractivity contribution in [2.45, 2.75) is 26.9 Å².